The fourth-order valence-electron chi connectivity index (χ4n) is 1.56. The van der Waals surface area contributed by atoms with E-state index in [4.69, 9.17) is 26.8 Å². The topological polar surface area (TPSA) is 44.5 Å². The summed E-state index contributed by atoms with van der Waals surface area (Å²) >= 11 is 5.73. The summed E-state index contributed by atoms with van der Waals surface area (Å²) in [5.74, 6) is 1.90. The van der Waals surface area contributed by atoms with Crippen molar-refractivity contribution in [1.29, 1.82) is 0 Å². The van der Waals surface area contributed by atoms with Crippen molar-refractivity contribution in [1.82, 2.24) is 0 Å². The molecule has 0 aliphatic rings. The molecule has 15 heavy (non-hydrogen) atoms. The van der Waals surface area contributed by atoms with Crippen molar-refractivity contribution < 1.29 is 9.47 Å². The van der Waals surface area contributed by atoms with Crippen LogP contribution in [0.3, 0.4) is 0 Å². The molecule has 1 aromatic carbocycles. The summed E-state index contributed by atoms with van der Waals surface area (Å²) in [5, 5.41) is 0. The minimum Gasteiger partial charge on any atom is -0.496 e. The first-order valence-electron chi connectivity index (χ1n) is 4.68. The molecule has 0 aliphatic carbocycles. The largest absolute Gasteiger partial charge is 0.496 e. The predicted octanol–water partition coefficient (Wildman–Crippen LogP) is 2.25. The number of alkyl halides is 1. The fraction of sp³-hybridized carbons (Fsp3) is 0.455. The van der Waals surface area contributed by atoms with Crippen LogP contribution in [0, 0.1) is 6.92 Å². The highest BCUT2D eigenvalue weighted by Gasteiger charge is 2.15. The summed E-state index contributed by atoms with van der Waals surface area (Å²) in [4.78, 5) is 0. The second-order valence-corrected chi connectivity index (χ2v) is 3.58. The van der Waals surface area contributed by atoms with E-state index < -0.39 is 0 Å². The van der Waals surface area contributed by atoms with E-state index in [9.17, 15) is 0 Å². The Morgan fingerprint density at radius 2 is 2.00 bits per heavy atom. The Morgan fingerprint density at radius 3 is 2.47 bits per heavy atom. The molecule has 0 aliphatic heterocycles. The molecule has 0 saturated carbocycles. The quantitative estimate of drug-likeness (QED) is 0.806. The van der Waals surface area contributed by atoms with E-state index in [1.54, 1.807) is 14.2 Å². The van der Waals surface area contributed by atoms with Gasteiger partial charge in [-0.2, -0.15) is 0 Å². The minimum atomic E-state index is -0.216. The normalized spacial score (nSPS) is 12.3. The number of nitrogens with two attached hydrogens (primary N) is 1. The van der Waals surface area contributed by atoms with Crippen LogP contribution in [0.15, 0.2) is 12.1 Å². The van der Waals surface area contributed by atoms with Crippen LogP contribution in [0.25, 0.3) is 0 Å². The zero-order valence-electron chi connectivity index (χ0n) is 9.21. The molecule has 0 aromatic heterocycles. The molecule has 84 valence electrons. The van der Waals surface area contributed by atoms with Crippen LogP contribution in [0.4, 0.5) is 0 Å². The van der Waals surface area contributed by atoms with Gasteiger partial charge in [0.15, 0.2) is 0 Å². The van der Waals surface area contributed by atoms with Crippen LogP contribution < -0.4 is 15.2 Å². The average Bonchev–Trinajstić information content (AvgIpc) is 2.27. The third-order valence-corrected chi connectivity index (χ3v) is 2.71. The molecule has 1 unspecified atom stereocenters. The Labute approximate surface area is 95.1 Å². The molecule has 1 atom stereocenters. The zero-order chi connectivity index (χ0) is 11.4. The lowest BCUT2D eigenvalue weighted by molar-refractivity contribution is 0.384. The van der Waals surface area contributed by atoms with Gasteiger partial charge < -0.3 is 15.2 Å². The van der Waals surface area contributed by atoms with E-state index in [2.05, 4.69) is 0 Å². The number of hydrogen-bond donors (Lipinski definition) is 1. The van der Waals surface area contributed by atoms with Gasteiger partial charge in [0.1, 0.15) is 11.5 Å². The molecule has 0 bridgehead atoms. The van der Waals surface area contributed by atoms with Gasteiger partial charge in [0.25, 0.3) is 0 Å². The number of hydrogen-bond acceptors (Lipinski definition) is 3. The third kappa shape index (κ3) is 2.36. The Hall–Kier alpha value is -0.930. The molecule has 1 rings (SSSR count). The molecular formula is C11H16ClNO2. The highest BCUT2D eigenvalue weighted by molar-refractivity contribution is 6.18. The van der Waals surface area contributed by atoms with Gasteiger partial charge in [-0.3, -0.25) is 0 Å². The molecule has 3 nitrogen and oxygen atoms in total. The summed E-state index contributed by atoms with van der Waals surface area (Å²) in [5.41, 5.74) is 7.73. The molecule has 0 heterocycles. The van der Waals surface area contributed by atoms with E-state index in [-0.39, 0.29) is 6.04 Å². The summed E-state index contributed by atoms with van der Waals surface area (Å²) in [7, 11) is 3.25. The monoisotopic (exact) mass is 229 g/mol. The van der Waals surface area contributed by atoms with Crippen LogP contribution in [0.2, 0.25) is 0 Å². The van der Waals surface area contributed by atoms with Crippen molar-refractivity contribution >= 4 is 11.6 Å². The molecule has 2 N–H and O–H groups in total. The Morgan fingerprint density at radius 1 is 1.33 bits per heavy atom. The van der Waals surface area contributed by atoms with E-state index in [1.165, 1.54) is 0 Å². The number of rotatable bonds is 4. The van der Waals surface area contributed by atoms with Crippen molar-refractivity contribution in [2.24, 2.45) is 5.73 Å². The summed E-state index contributed by atoms with van der Waals surface area (Å²) in [6.45, 7) is 1.93. The van der Waals surface area contributed by atoms with Gasteiger partial charge in [0.05, 0.1) is 14.2 Å². The van der Waals surface area contributed by atoms with Crippen LogP contribution in [-0.2, 0) is 0 Å². The van der Waals surface area contributed by atoms with Gasteiger partial charge in [-0.15, -0.1) is 11.6 Å². The van der Waals surface area contributed by atoms with Crippen molar-refractivity contribution in [3.63, 3.8) is 0 Å². The maximum atomic E-state index is 5.88. The van der Waals surface area contributed by atoms with Crippen LogP contribution in [0.1, 0.15) is 17.2 Å². The van der Waals surface area contributed by atoms with Crippen LogP contribution >= 0.6 is 11.6 Å². The molecule has 0 saturated heterocycles. The average molecular weight is 230 g/mol. The van der Waals surface area contributed by atoms with E-state index in [1.807, 2.05) is 19.1 Å². The molecule has 0 fully saturated rings. The lowest BCUT2D eigenvalue weighted by atomic mass is 10.0. The van der Waals surface area contributed by atoms with Gasteiger partial charge >= 0.3 is 0 Å². The minimum absolute atomic E-state index is 0.216. The highest BCUT2D eigenvalue weighted by atomic mass is 35.5. The van der Waals surface area contributed by atoms with Gasteiger partial charge in [-0.25, -0.2) is 0 Å². The lowest BCUT2D eigenvalue weighted by Crippen LogP contribution is -2.13. The van der Waals surface area contributed by atoms with Gasteiger partial charge in [0.2, 0.25) is 0 Å². The third-order valence-electron chi connectivity index (χ3n) is 2.38. The van der Waals surface area contributed by atoms with Crippen molar-refractivity contribution in [3.05, 3.63) is 23.3 Å². The summed E-state index contributed by atoms with van der Waals surface area (Å²) in [6.07, 6.45) is 0. The second kappa shape index (κ2) is 5.24. The lowest BCUT2D eigenvalue weighted by Gasteiger charge is -2.17. The van der Waals surface area contributed by atoms with Crippen molar-refractivity contribution in [3.8, 4) is 11.5 Å². The smallest absolute Gasteiger partial charge is 0.130 e. The second-order valence-electron chi connectivity index (χ2n) is 3.28. The molecule has 1 aromatic rings. The van der Waals surface area contributed by atoms with Crippen molar-refractivity contribution in [2.45, 2.75) is 13.0 Å². The van der Waals surface area contributed by atoms with Gasteiger partial charge in [-0.05, 0) is 13.0 Å². The first-order chi connectivity index (χ1) is 7.15. The first kappa shape index (κ1) is 12.1. The first-order valence-corrected chi connectivity index (χ1v) is 5.22. The van der Waals surface area contributed by atoms with E-state index in [0.29, 0.717) is 5.88 Å². The molecule has 0 radical (unpaired) electrons. The Bertz CT molecular complexity index is 342. The summed E-state index contributed by atoms with van der Waals surface area (Å²) in [6, 6.07) is 3.54. The molecule has 4 heteroatoms. The molecule has 0 spiro atoms. The fourth-order valence-corrected chi connectivity index (χ4v) is 1.73. The highest BCUT2D eigenvalue weighted by Crippen LogP contribution is 2.34. The van der Waals surface area contributed by atoms with Gasteiger partial charge in [0, 0.05) is 23.0 Å². The van der Waals surface area contributed by atoms with E-state index in [0.717, 1.165) is 22.6 Å². The Kier molecular flexibility index (Phi) is 4.24. The maximum Gasteiger partial charge on any atom is 0.130 e. The summed E-state index contributed by atoms with van der Waals surface area (Å²) < 4.78 is 10.5. The number of ether oxygens (including phenoxy) is 2. The van der Waals surface area contributed by atoms with Gasteiger partial charge in [-0.1, -0.05) is 6.07 Å². The zero-order valence-corrected chi connectivity index (χ0v) is 9.97. The molecular weight excluding hydrogens is 214 g/mol. The maximum absolute atomic E-state index is 5.88. The SMILES string of the molecule is COc1ccc(C(N)CCl)c(OC)c1C. The molecule has 0 amide bonds. The standard InChI is InChI=1S/C11H16ClNO2/c1-7-10(14-2)5-4-8(9(13)6-12)11(7)15-3/h4-5,9H,6,13H2,1-3H3. The number of halogens is 1. The Balaban J connectivity index is 3.24. The van der Waals surface area contributed by atoms with Crippen molar-refractivity contribution in [2.75, 3.05) is 20.1 Å². The predicted molar refractivity (Wildman–Crippen MR) is 61.9 cm³/mol. The number of benzene rings is 1. The number of methoxy groups -OCH3 is 2. The van der Waals surface area contributed by atoms with Crippen LogP contribution in [0.5, 0.6) is 11.5 Å². The van der Waals surface area contributed by atoms with E-state index >= 15 is 0 Å². The van der Waals surface area contributed by atoms with Crippen LogP contribution in [-0.4, -0.2) is 20.1 Å².